The van der Waals surface area contributed by atoms with E-state index in [4.69, 9.17) is 4.74 Å². The number of hydrogen-bond acceptors (Lipinski definition) is 5. The molecule has 3 rings (SSSR count). The zero-order valence-electron chi connectivity index (χ0n) is 12.3. The molecular weight excluding hydrogens is 365 g/mol. The third kappa shape index (κ3) is 2.84. The molecule has 2 heterocycles. The Balaban J connectivity index is 2.21. The van der Waals surface area contributed by atoms with E-state index in [0.29, 0.717) is 23.3 Å². The molecule has 0 aliphatic carbocycles. The molecule has 0 bridgehead atoms. The van der Waals surface area contributed by atoms with E-state index in [1.54, 1.807) is 21.5 Å². The first kappa shape index (κ1) is 15.3. The Hall–Kier alpha value is -1.56. The number of hydrogen-bond donors (Lipinski definition) is 0. The van der Waals surface area contributed by atoms with Crippen LogP contribution in [0.1, 0.15) is 13.8 Å². The molecule has 0 fully saturated rings. The molecule has 0 unspecified atom stereocenters. The van der Waals surface area contributed by atoms with E-state index in [1.165, 1.54) is 0 Å². The summed E-state index contributed by atoms with van der Waals surface area (Å²) in [4.78, 5) is 21.5. The average Bonchev–Trinajstić information content (AvgIpc) is 2.87. The molecule has 5 nitrogen and oxygen atoms in total. The Labute approximate surface area is 138 Å². The zero-order valence-corrected chi connectivity index (χ0v) is 14.8. The predicted octanol–water partition coefficient (Wildman–Crippen LogP) is 2.35. The number of ether oxygens (including phenoxy) is 1. The van der Waals surface area contributed by atoms with E-state index < -0.39 is 0 Å². The van der Waals surface area contributed by atoms with Gasteiger partial charge in [0, 0.05) is 0 Å². The van der Waals surface area contributed by atoms with Gasteiger partial charge in [0.15, 0.2) is 0 Å². The van der Waals surface area contributed by atoms with Gasteiger partial charge in [-0.2, -0.15) is 0 Å². The maximum atomic E-state index is 12.6. The van der Waals surface area contributed by atoms with Gasteiger partial charge in [-0.05, 0) is 0 Å². The van der Waals surface area contributed by atoms with Gasteiger partial charge in [-0.25, -0.2) is 0 Å². The van der Waals surface area contributed by atoms with Crippen molar-refractivity contribution in [1.29, 1.82) is 0 Å². The number of nitrogens with zero attached hydrogens (tertiary/aromatic N) is 3. The van der Waals surface area contributed by atoms with E-state index in [0.717, 1.165) is 15.4 Å². The van der Waals surface area contributed by atoms with Crippen LogP contribution in [0.4, 0.5) is 0 Å². The minimum atomic E-state index is -0.123. The molecular formula is C15H15N3O2SSe. The number of benzene rings is 1. The van der Waals surface area contributed by atoms with E-state index >= 15 is 0 Å². The molecule has 0 saturated heterocycles. The van der Waals surface area contributed by atoms with Crippen molar-refractivity contribution in [3.05, 3.63) is 40.8 Å². The fourth-order valence-electron chi connectivity index (χ4n) is 2.06. The van der Waals surface area contributed by atoms with Crippen molar-refractivity contribution in [1.82, 2.24) is 13.5 Å². The van der Waals surface area contributed by atoms with E-state index in [2.05, 4.69) is 9.97 Å². The molecule has 0 atom stereocenters. The summed E-state index contributed by atoms with van der Waals surface area (Å²) in [5.74, 6) is 2.02. The molecule has 0 radical (unpaired) electrons. The number of aromatic nitrogens is 3. The first-order valence-electron chi connectivity index (χ1n) is 6.98. The summed E-state index contributed by atoms with van der Waals surface area (Å²) < 4.78 is 8.41. The quantitative estimate of drug-likeness (QED) is 0.386. The Morgan fingerprint density at radius 2 is 2.14 bits per heavy atom. The molecule has 0 N–H and O–H groups in total. The molecule has 0 amide bonds. The topological polar surface area (TPSA) is 57.0 Å². The first-order valence-corrected chi connectivity index (χ1v) is 9.59. The number of fused-ring (bicyclic) bond motifs is 1. The molecule has 0 spiro atoms. The number of rotatable bonds is 5. The summed E-state index contributed by atoms with van der Waals surface area (Å²) in [6.45, 7) is 4.47. The van der Waals surface area contributed by atoms with Crippen molar-refractivity contribution in [3.63, 3.8) is 0 Å². The standard InChI is InChI=1S/C15H15N3O2SSe/c1-3-20-11-9-16-15(21-4-2)17-13(11)18-14(19)10-7-5-6-8-12(10)22-18/h5-9H,3-4H2,1-2H3. The van der Waals surface area contributed by atoms with Crippen LogP contribution >= 0.6 is 11.8 Å². The van der Waals surface area contributed by atoms with Gasteiger partial charge in [0.25, 0.3) is 0 Å². The van der Waals surface area contributed by atoms with Crippen LogP contribution in [-0.4, -0.2) is 40.6 Å². The Morgan fingerprint density at radius 3 is 2.86 bits per heavy atom. The van der Waals surface area contributed by atoms with Crippen LogP contribution in [-0.2, 0) is 0 Å². The van der Waals surface area contributed by atoms with Gasteiger partial charge in [-0.15, -0.1) is 0 Å². The van der Waals surface area contributed by atoms with Crippen LogP contribution in [0.2, 0.25) is 0 Å². The van der Waals surface area contributed by atoms with Gasteiger partial charge < -0.3 is 0 Å². The number of thioether (sulfide) groups is 1. The SMILES string of the molecule is CCOc1cnc(SCC)nc1-n1[se]c2ccccc2c1=O. The van der Waals surface area contributed by atoms with Crippen LogP contribution in [0.3, 0.4) is 0 Å². The molecule has 2 aromatic heterocycles. The van der Waals surface area contributed by atoms with Crippen molar-refractivity contribution >= 4 is 36.1 Å². The summed E-state index contributed by atoms with van der Waals surface area (Å²) in [6.07, 6.45) is 1.66. The van der Waals surface area contributed by atoms with Crippen molar-refractivity contribution in [2.24, 2.45) is 0 Å². The fourth-order valence-corrected chi connectivity index (χ4v) is 4.67. The van der Waals surface area contributed by atoms with Crippen molar-refractivity contribution < 1.29 is 4.74 Å². The third-order valence-corrected chi connectivity index (χ3v) is 5.97. The van der Waals surface area contributed by atoms with Gasteiger partial charge in [-0.1, -0.05) is 0 Å². The van der Waals surface area contributed by atoms with Crippen LogP contribution < -0.4 is 10.3 Å². The summed E-state index contributed by atoms with van der Waals surface area (Å²) in [7, 11) is 0. The Bertz CT molecular complexity index is 859. The summed E-state index contributed by atoms with van der Waals surface area (Å²) >= 11 is 1.43. The third-order valence-electron chi connectivity index (χ3n) is 2.97. The van der Waals surface area contributed by atoms with Crippen molar-refractivity contribution in [2.75, 3.05) is 12.4 Å². The molecule has 0 saturated carbocycles. The minimum absolute atomic E-state index is 0.0114. The summed E-state index contributed by atoms with van der Waals surface area (Å²) in [5, 5.41) is 1.42. The summed E-state index contributed by atoms with van der Waals surface area (Å²) in [5.41, 5.74) is -0.0114. The average molecular weight is 380 g/mol. The molecule has 3 aromatic rings. The van der Waals surface area contributed by atoms with E-state index in [-0.39, 0.29) is 20.3 Å². The maximum absolute atomic E-state index is 12.6. The van der Waals surface area contributed by atoms with Crippen LogP contribution in [0.15, 0.2) is 40.4 Å². The molecule has 1 aromatic carbocycles. The van der Waals surface area contributed by atoms with Gasteiger partial charge in [-0.3, -0.25) is 0 Å². The van der Waals surface area contributed by atoms with Gasteiger partial charge >= 0.3 is 138 Å². The van der Waals surface area contributed by atoms with Crippen LogP contribution in [0.25, 0.3) is 15.5 Å². The second-order valence-electron chi connectivity index (χ2n) is 4.39. The van der Waals surface area contributed by atoms with Gasteiger partial charge in [0.1, 0.15) is 0 Å². The van der Waals surface area contributed by atoms with Gasteiger partial charge in [0.2, 0.25) is 0 Å². The molecule has 0 aliphatic rings. The molecule has 7 heteroatoms. The fraction of sp³-hybridized carbons (Fsp3) is 0.267. The normalized spacial score (nSPS) is 11.0. The van der Waals surface area contributed by atoms with E-state index in [1.807, 2.05) is 38.1 Å². The molecule has 114 valence electrons. The molecule has 22 heavy (non-hydrogen) atoms. The monoisotopic (exact) mass is 381 g/mol. The molecule has 0 aliphatic heterocycles. The van der Waals surface area contributed by atoms with Crippen molar-refractivity contribution in [2.45, 2.75) is 19.0 Å². The first-order chi connectivity index (χ1) is 10.7. The summed E-state index contributed by atoms with van der Waals surface area (Å²) in [6, 6.07) is 7.70. The van der Waals surface area contributed by atoms with Crippen molar-refractivity contribution in [3.8, 4) is 11.6 Å². The van der Waals surface area contributed by atoms with Crippen LogP contribution in [0.5, 0.6) is 5.75 Å². The van der Waals surface area contributed by atoms with E-state index in [9.17, 15) is 4.79 Å². The van der Waals surface area contributed by atoms with Gasteiger partial charge in [0.05, 0.1) is 0 Å². The van der Waals surface area contributed by atoms with Crippen LogP contribution in [0, 0.1) is 0 Å². The second-order valence-corrected chi connectivity index (χ2v) is 7.70. The zero-order chi connectivity index (χ0) is 15.5. The Kier molecular flexibility index (Phi) is 4.66. The Morgan fingerprint density at radius 1 is 1.32 bits per heavy atom. The second kappa shape index (κ2) is 6.69. The predicted molar refractivity (Wildman–Crippen MR) is 89.6 cm³/mol.